The summed E-state index contributed by atoms with van der Waals surface area (Å²) in [6.07, 6.45) is 1.77. The van der Waals surface area contributed by atoms with Crippen LogP contribution in [0.15, 0.2) is 42.6 Å². The third-order valence-corrected chi connectivity index (χ3v) is 2.80. The van der Waals surface area contributed by atoms with Crippen LogP contribution in [0.4, 0.5) is 5.69 Å². The quantitative estimate of drug-likeness (QED) is 0.889. The maximum absolute atomic E-state index is 9.12. The van der Waals surface area contributed by atoms with Crippen molar-refractivity contribution in [2.75, 3.05) is 5.32 Å². The number of nitrogens with zero attached hydrogens (tertiary/aromatic N) is 2. The summed E-state index contributed by atoms with van der Waals surface area (Å²) in [5, 5.41) is 12.4. The molecule has 1 atom stereocenters. The molecular formula is C15H15N3. The Bertz CT molecular complexity index is 570. The molecule has 1 aromatic carbocycles. The predicted octanol–water partition coefficient (Wildman–Crippen LogP) is 3.43. The Balaban J connectivity index is 2.22. The fraction of sp³-hybridized carbons (Fsp3) is 0.200. The molecule has 1 N–H and O–H groups in total. The van der Waals surface area contributed by atoms with Gasteiger partial charge >= 0.3 is 0 Å². The second-order valence-electron chi connectivity index (χ2n) is 4.28. The van der Waals surface area contributed by atoms with Crippen molar-refractivity contribution in [3.63, 3.8) is 0 Å². The Hall–Kier alpha value is -2.34. The Labute approximate surface area is 107 Å². The molecule has 2 rings (SSSR count). The van der Waals surface area contributed by atoms with E-state index in [0.717, 1.165) is 16.9 Å². The molecule has 0 amide bonds. The molecule has 0 saturated heterocycles. The van der Waals surface area contributed by atoms with E-state index in [1.165, 1.54) is 0 Å². The molecule has 0 aliphatic heterocycles. The molecule has 2 aromatic rings. The highest BCUT2D eigenvalue weighted by Crippen LogP contribution is 2.21. The van der Waals surface area contributed by atoms with E-state index in [9.17, 15) is 0 Å². The molecule has 3 heteroatoms. The van der Waals surface area contributed by atoms with Gasteiger partial charge in [0.05, 0.1) is 23.0 Å². The van der Waals surface area contributed by atoms with Gasteiger partial charge in [-0.2, -0.15) is 5.26 Å². The Morgan fingerprint density at radius 3 is 2.78 bits per heavy atom. The molecule has 1 unspecified atom stereocenters. The smallest absolute Gasteiger partial charge is 0.101 e. The van der Waals surface area contributed by atoms with Crippen LogP contribution >= 0.6 is 0 Å². The molecule has 1 aromatic heterocycles. The molecule has 0 spiro atoms. The van der Waals surface area contributed by atoms with Crippen LogP contribution in [0, 0.1) is 18.3 Å². The van der Waals surface area contributed by atoms with Crippen LogP contribution in [0.5, 0.6) is 0 Å². The minimum Gasteiger partial charge on any atom is -0.376 e. The van der Waals surface area contributed by atoms with E-state index >= 15 is 0 Å². The van der Waals surface area contributed by atoms with Crippen LogP contribution in [-0.2, 0) is 0 Å². The van der Waals surface area contributed by atoms with Gasteiger partial charge in [-0.25, -0.2) is 0 Å². The van der Waals surface area contributed by atoms with E-state index in [1.54, 1.807) is 6.20 Å². The number of anilines is 1. The van der Waals surface area contributed by atoms with E-state index in [1.807, 2.05) is 50.2 Å². The van der Waals surface area contributed by atoms with E-state index in [-0.39, 0.29) is 6.04 Å². The number of nitrogens with one attached hydrogen (secondary N) is 1. The Morgan fingerprint density at radius 1 is 1.28 bits per heavy atom. The van der Waals surface area contributed by atoms with Gasteiger partial charge in [-0.3, -0.25) is 4.98 Å². The van der Waals surface area contributed by atoms with Gasteiger partial charge in [-0.05, 0) is 43.7 Å². The average Bonchev–Trinajstić information content (AvgIpc) is 2.41. The first-order chi connectivity index (χ1) is 8.70. The summed E-state index contributed by atoms with van der Waals surface area (Å²) in [4.78, 5) is 4.30. The number of benzene rings is 1. The zero-order chi connectivity index (χ0) is 13.0. The largest absolute Gasteiger partial charge is 0.376 e. The maximum atomic E-state index is 9.12. The molecule has 0 bridgehead atoms. The second kappa shape index (κ2) is 5.33. The average molecular weight is 237 g/mol. The summed E-state index contributed by atoms with van der Waals surface area (Å²) >= 11 is 0. The number of pyridine rings is 1. The van der Waals surface area contributed by atoms with Gasteiger partial charge < -0.3 is 5.32 Å². The van der Waals surface area contributed by atoms with Gasteiger partial charge in [0.2, 0.25) is 0 Å². The lowest BCUT2D eigenvalue weighted by Crippen LogP contribution is -2.09. The first kappa shape index (κ1) is 12.1. The maximum Gasteiger partial charge on any atom is 0.101 e. The van der Waals surface area contributed by atoms with Crippen LogP contribution in [-0.4, -0.2) is 4.98 Å². The normalized spacial score (nSPS) is 11.6. The van der Waals surface area contributed by atoms with Gasteiger partial charge in [0.1, 0.15) is 6.07 Å². The van der Waals surface area contributed by atoms with Crippen molar-refractivity contribution in [2.24, 2.45) is 0 Å². The van der Waals surface area contributed by atoms with Crippen molar-refractivity contribution >= 4 is 5.69 Å². The first-order valence-corrected chi connectivity index (χ1v) is 5.89. The van der Waals surface area contributed by atoms with Crippen LogP contribution in [0.3, 0.4) is 0 Å². The molecular weight excluding hydrogens is 222 g/mol. The Morgan fingerprint density at radius 2 is 2.11 bits per heavy atom. The van der Waals surface area contributed by atoms with Crippen molar-refractivity contribution in [2.45, 2.75) is 19.9 Å². The molecule has 1 heterocycles. The van der Waals surface area contributed by atoms with E-state index in [4.69, 9.17) is 5.26 Å². The van der Waals surface area contributed by atoms with Gasteiger partial charge in [-0.15, -0.1) is 0 Å². The molecule has 0 aliphatic rings. The predicted molar refractivity (Wildman–Crippen MR) is 72.2 cm³/mol. The van der Waals surface area contributed by atoms with Crippen LogP contribution in [0.25, 0.3) is 0 Å². The summed E-state index contributed by atoms with van der Waals surface area (Å²) in [7, 11) is 0. The fourth-order valence-corrected chi connectivity index (χ4v) is 1.82. The van der Waals surface area contributed by atoms with Crippen molar-refractivity contribution in [3.8, 4) is 6.07 Å². The molecule has 0 fully saturated rings. The van der Waals surface area contributed by atoms with E-state index < -0.39 is 0 Å². The highest BCUT2D eigenvalue weighted by molar-refractivity contribution is 5.59. The lowest BCUT2D eigenvalue weighted by molar-refractivity contribution is 0.839. The monoisotopic (exact) mass is 237 g/mol. The van der Waals surface area contributed by atoms with Crippen molar-refractivity contribution in [3.05, 3.63) is 59.4 Å². The molecule has 0 aliphatic carbocycles. The van der Waals surface area contributed by atoms with E-state index in [0.29, 0.717) is 5.56 Å². The van der Waals surface area contributed by atoms with Gasteiger partial charge in [0.15, 0.2) is 0 Å². The van der Waals surface area contributed by atoms with Crippen LogP contribution in [0.1, 0.15) is 29.8 Å². The minimum atomic E-state index is 0.0704. The summed E-state index contributed by atoms with van der Waals surface area (Å²) in [6.45, 7) is 4.01. The van der Waals surface area contributed by atoms with E-state index in [2.05, 4.69) is 16.4 Å². The number of hydrogen-bond donors (Lipinski definition) is 1. The SMILES string of the molecule is Cc1ccc(NC(C)c2ccccn2)c(C#N)c1. The van der Waals surface area contributed by atoms with Crippen LogP contribution < -0.4 is 5.32 Å². The van der Waals surface area contributed by atoms with Crippen LogP contribution in [0.2, 0.25) is 0 Å². The third kappa shape index (κ3) is 2.67. The van der Waals surface area contributed by atoms with Gasteiger partial charge in [0.25, 0.3) is 0 Å². The van der Waals surface area contributed by atoms with Crippen molar-refractivity contribution < 1.29 is 0 Å². The minimum absolute atomic E-state index is 0.0704. The number of aromatic nitrogens is 1. The number of aryl methyl sites for hydroxylation is 1. The number of nitriles is 1. The fourth-order valence-electron chi connectivity index (χ4n) is 1.82. The number of hydrogen-bond acceptors (Lipinski definition) is 3. The standard InChI is InChI=1S/C15H15N3/c1-11-6-7-15(13(9-11)10-16)18-12(2)14-5-3-4-8-17-14/h3-9,12,18H,1-2H3. The molecule has 3 nitrogen and oxygen atoms in total. The highest BCUT2D eigenvalue weighted by Gasteiger charge is 2.08. The summed E-state index contributed by atoms with van der Waals surface area (Å²) in [5.74, 6) is 0. The van der Waals surface area contributed by atoms with Crippen molar-refractivity contribution in [1.29, 1.82) is 5.26 Å². The molecule has 18 heavy (non-hydrogen) atoms. The lowest BCUT2D eigenvalue weighted by atomic mass is 10.1. The third-order valence-electron chi connectivity index (χ3n) is 2.80. The topological polar surface area (TPSA) is 48.7 Å². The zero-order valence-corrected chi connectivity index (χ0v) is 10.5. The molecule has 0 radical (unpaired) electrons. The summed E-state index contributed by atoms with van der Waals surface area (Å²) in [6, 6.07) is 13.9. The first-order valence-electron chi connectivity index (χ1n) is 5.89. The van der Waals surface area contributed by atoms with Gasteiger partial charge in [0, 0.05) is 6.20 Å². The summed E-state index contributed by atoms with van der Waals surface area (Å²) in [5.41, 5.74) is 3.56. The van der Waals surface area contributed by atoms with Gasteiger partial charge in [-0.1, -0.05) is 12.1 Å². The Kier molecular flexibility index (Phi) is 3.59. The lowest BCUT2D eigenvalue weighted by Gasteiger charge is -2.15. The molecule has 90 valence electrons. The second-order valence-corrected chi connectivity index (χ2v) is 4.28. The summed E-state index contributed by atoms with van der Waals surface area (Å²) < 4.78 is 0. The number of rotatable bonds is 3. The molecule has 0 saturated carbocycles. The van der Waals surface area contributed by atoms with Crippen molar-refractivity contribution in [1.82, 2.24) is 4.98 Å². The zero-order valence-electron chi connectivity index (χ0n) is 10.5. The highest BCUT2D eigenvalue weighted by atomic mass is 14.9.